The highest BCUT2D eigenvalue weighted by molar-refractivity contribution is 7.16. The molecule has 0 fully saturated rings. The standard InChI is InChI=1S/C15H20ClN3OS/c1-8-6-10(12(20-5)7-11(8)16)13-14(9(2)17-3)21-15(18-4)19-13/h6-7,9,17H,1-5H3,(H,18,19). The minimum absolute atomic E-state index is 0.209. The molecule has 114 valence electrons. The molecule has 0 saturated heterocycles. The highest BCUT2D eigenvalue weighted by Gasteiger charge is 2.20. The van der Waals surface area contributed by atoms with E-state index in [9.17, 15) is 0 Å². The van der Waals surface area contributed by atoms with Crippen molar-refractivity contribution in [1.29, 1.82) is 0 Å². The highest BCUT2D eigenvalue weighted by Crippen LogP contribution is 2.41. The van der Waals surface area contributed by atoms with Crippen molar-refractivity contribution >= 4 is 28.1 Å². The average Bonchev–Trinajstić information content (AvgIpc) is 2.92. The molecule has 6 heteroatoms. The molecule has 1 atom stereocenters. The van der Waals surface area contributed by atoms with Crippen molar-refractivity contribution in [1.82, 2.24) is 10.3 Å². The Kier molecular flexibility index (Phi) is 5.08. The first-order valence-corrected chi connectivity index (χ1v) is 7.91. The molecule has 1 heterocycles. The molecule has 0 aliphatic rings. The lowest BCUT2D eigenvalue weighted by Gasteiger charge is -2.13. The number of nitrogens with zero attached hydrogens (tertiary/aromatic N) is 1. The fourth-order valence-corrected chi connectivity index (χ4v) is 3.22. The smallest absolute Gasteiger partial charge is 0.183 e. The van der Waals surface area contributed by atoms with Gasteiger partial charge in [-0.25, -0.2) is 4.98 Å². The molecular formula is C15H20ClN3OS. The Balaban J connectivity index is 2.65. The highest BCUT2D eigenvalue weighted by atomic mass is 35.5. The molecule has 0 amide bonds. The van der Waals surface area contributed by atoms with Crippen LogP contribution in [0.2, 0.25) is 5.02 Å². The summed E-state index contributed by atoms with van der Waals surface area (Å²) in [4.78, 5) is 5.86. The van der Waals surface area contributed by atoms with Crippen LogP contribution >= 0.6 is 22.9 Å². The number of nitrogens with one attached hydrogen (secondary N) is 2. The zero-order valence-corrected chi connectivity index (χ0v) is 14.4. The van der Waals surface area contributed by atoms with Crippen LogP contribution in [0, 0.1) is 6.92 Å². The van der Waals surface area contributed by atoms with Gasteiger partial charge in [0.1, 0.15) is 5.75 Å². The number of benzene rings is 1. The van der Waals surface area contributed by atoms with Crippen LogP contribution in [0.25, 0.3) is 11.3 Å². The topological polar surface area (TPSA) is 46.2 Å². The summed E-state index contributed by atoms with van der Waals surface area (Å²) in [6, 6.07) is 4.08. The SMILES string of the molecule is CNc1nc(-c2cc(C)c(Cl)cc2OC)c(C(C)NC)s1. The van der Waals surface area contributed by atoms with E-state index in [-0.39, 0.29) is 6.04 Å². The van der Waals surface area contributed by atoms with Crippen LogP contribution in [0.1, 0.15) is 23.4 Å². The average molecular weight is 326 g/mol. The van der Waals surface area contributed by atoms with E-state index in [1.165, 1.54) is 4.88 Å². The maximum Gasteiger partial charge on any atom is 0.183 e. The fourth-order valence-electron chi connectivity index (χ4n) is 2.07. The number of thiazole rings is 1. The van der Waals surface area contributed by atoms with E-state index < -0.39 is 0 Å². The normalized spacial score (nSPS) is 12.3. The van der Waals surface area contributed by atoms with Crippen molar-refractivity contribution < 1.29 is 4.74 Å². The zero-order chi connectivity index (χ0) is 15.6. The number of anilines is 1. The molecule has 21 heavy (non-hydrogen) atoms. The van der Waals surface area contributed by atoms with Gasteiger partial charge in [-0.05, 0) is 38.6 Å². The molecule has 0 aliphatic heterocycles. The third kappa shape index (κ3) is 3.15. The van der Waals surface area contributed by atoms with Gasteiger partial charge in [-0.3, -0.25) is 0 Å². The number of aromatic nitrogens is 1. The number of halogens is 1. The Morgan fingerprint density at radius 3 is 2.62 bits per heavy atom. The Bertz CT molecular complexity index is 642. The van der Waals surface area contributed by atoms with Crippen LogP contribution in [0.3, 0.4) is 0 Å². The lowest BCUT2D eigenvalue weighted by atomic mass is 10.0. The molecule has 0 radical (unpaired) electrons. The Morgan fingerprint density at radius 2 is 2.05 bits per heavy atom. The monoisotopic (exact) mass is 325 g/mol. The summed E-state index contributed by atoms with van der Waals surface area (Å²) >= 11 is 7.83. The van der Waals surface area contributed by atoms with Crippen molar-refractivity contribution in [2.24, 2.45) is 0 Å². The quantitative estimate of drug-likeness (QED) is 0.868. The van der Waals surface area contributed by atoms with Crippen molar-refractivity contribution in [3.8, 4) is 17.0 Å². The third-order valence-corrected chi connectivity index (χ3v) is 5.09. The minimum Gasteiger partial charge on any atom is -0.496 e. The van der Waals surface area contributed by atoms with Crippen LogP contribution in [-0.4, -0.2) is 26.2 Å². The minimum atomic E-state index is 0.209. The molecule has 2 N–H and O–H groups in total. The maximum absolute atomic E-state index is 6.19. The van der Waals surface area contributed by atoms with E-state index in [1.54, 1.807) is 18.4 Å². The zero-order valence-electron chi connectivity index (χ0n) is 12.9. The molecule has 0 spiro atoms. The first kappa shape index (κ1) is 16.1. The summed E-state index contributed by atoms with van der Waals surface area (Å²) in [5.74, 6) is 0.739. The first-order valence-electron chi connectivity index (χ1n) is 6.72. The van der Waals surface area contributed by atoms with Crippen LogP contribution in [0.5, 0.6) is 5.75 Å². The predicted octanol–water partition coefficient (Wildman–Crippen LogP) is 4.10. The first-order chi connectivity index (χ1) is 10.0. The second-order valence-electron chi connectivity index (χ2n) is 4.79. The van der Waals surface area contributed by atoms with Crippen molar-refractivity contribution in [2.75, 3.05) is 26.5 Å². The molecule has 1 aromatic heterocycles. The predicted molar refractivity (Wildman–Crippen MR) is 90.9 cm³/mol. The van der Waals surface area contributed by atoms with Gasteiger partial charge in [-0.2, -0.15) is 0 Å². The lowest BCUT2D eigenvalue weighted by molar-refractivity contribution is 0.416. The van der Waals surface area contributed by atoms with Gasteiger partial charge in [-0.15, -0.1) is 0 Å². The second-order valence-corrected chi connectivity index (χ2v) is 6.23. The van der Waals surface area contributed by atoms with Gasteiger partial charge in [-0.1, -0.05) is 22.9 Å². The summed E-state index contributed by atoms with van der Waals surface area (Å²) in [6.45, 7) is 4.10. The van der Waals surface area contributed by atoms with Gasteiger partial charge >= 0.3 is 0 Å². The van der Waals surface area contributed by atoms with Crippen molar-refractivity contribution in [3.05, 3.63) is 27.6 Å². The summed E-state index contributed by atoms with van der Waals surface area (Å²) < 4.78 is 5.49. The van der Waals surface area contributed by atoms with E-state index in [0.717, 1.165) is 27.7 Å². The second kappa shape index (κ2) is 6.64. The summed E-state index contributed by atoms with van der Waals surface area (Å²) in [5, 5.41) is 7.96. The Morgan fingerprint density at radius 1 is 1.33 bits per heavy atom. The third-order valence-electron chi connectivity index (χ3n) is 3.43. The number of ether oxygens (including phenoxy) is 1. The van der Waals surface area contributed by atoms with Crippen molar-refractivity contribution in [2.45, 2.75) is 19.9 Å². The van der Waals surface area contributed by atoms with Gasteiger partial charge in [0.15, 0.2) is 5.13 Å². The van der Waals surface area contributed by atoms with Gasteiger partial charge in [0.25, 0.3) is 0 Å². The molecule has 4 nitrogen and oxygen atoms in total. The number of aryl methyl sites for hydroxylation is 1. The molecule has 0 aliphatic carbocycles. The Hall–Kier alpha value is -1.30. The van der Waals surface area contributed by atoms with E-state index in [4.69, 9.17) is 21.3 Å². The van der Waals surface area contributed by atoms with Crippen LogP contribution in [0.15, 0.2) is 12.1 Å². The van der Waals surface area contributed by atoms with Gasteiger partial charge in [0, 0.05) is 23.7 Å². The van der Waals surface area contributed by atoms with Crippen LogP contribution < -0.4 is 15.4 Å². The van der Waals surface area contributed by atoms with E-state index in [2.05, 4.69) is 17.6 Å². The number of hydrogen-bond acceptors (Lipinski definition) is 5. The summed E-state index contributed by atoms with van der Waals surface area (Å²) in [7, 11) is 5.47. The van der Waals surface area contributed by atoms with Crippen LogP contribution in [-0.2, 0) is 0 Å². The Labute approximate surface area is 134 Å². The van der Waals surface area contributed by atoms with Gasteiger partial charge in [0.2, 0.25) is 0 Å². The van der Waals surface area contributed by atoms with E-state index in [0.29, 0.717) is 5.02 Å². The molecule has 2 rings (SSSR count). The number of rotatable bonds is 5. The van der Waals surface area contributed by atoms with Crippen LogP contribution in [0.4, 0.5) is 5.13 Å². The summed E-state index contributed by atoms with van der Waals surface area (Å²) in [5.41, 5.74) is 2.91. The largest absolute Gasteiger partial charge is 0.496 e. The summed E-state index contributed by atoms with van der Waals surface area (Å²) in [6.07, 6.45) is 0. The van der Waals surface area contributed by atoms with Gasteiger partial charge < -0.3 is 15.4 Å². The molecular weight excluding hydrogens is 306 g/mol. The fraction of sp³-hybridized carbons (Fsp3) is 0.400. The van der Waals surface area contributed by atoms with E-state index >= 15 is 0 Å². The maximum atomic E-state index is 6.19. The molecule has 2 aromatic rings. The van der Waals surface area contributed by atoms with Gasteiger partial charge in [0.05, 0.1) is 17.7 Å². The molecule has 0 saturated carbocycles. The molecule has 1 unspecified atom stereocenters. The number of hydrogen-bond donors (Lipinski definition) is 2. The molecule has 0 bridgehead atoms. The van der Waals surface area contributed by atoms with Crippen molar-refractivity contribution in [3.63, 3.8) is 0 Å². The number of methoxy groups -OCH3 is 1. The lowest BCUT2D eigenvalue weighted by Crippen LogP contribution is -2.11. The van der Waals surface area contributed by atoms with E-state index in [1.807, 2.05) is 33.2 Å². The molecule has 1 aromatic carbocycles.